The number of ether oxygens (including phenoxy) is 2. The summed E-state index contributed by atoms with van der Waals surface area (Å²) in [5.74, 6) is 3.61. The summed E-state index contributed by atoms with van der Waals surface area (Å²) in [6.07, 6.45) is 12.3. The molecule has 0 bridgehead atoms. The van der Waals surface area contributed by atoms with Crippen LogP contribution in [0.15, 0.2) is 84.9 Å². The third-order valence-corrected chi connectivity index (χ3v) is 13.6. The second-order valence-corrected chi connectivity index (χ2v) is 19.2. The van der Waals surface area contributed by atoms with E-state index < -0.39 is 0 Å². The minimum atomic E-state index is -0.114. The van der Waals surface area contributed by atoms with Crippen molar-refractivity contribution in [2.75, 3.05) is 13.1 Å². The maximum absolute atomic E-state index is 15.6. The van der Waals surface area contributed by atoms with Crippen LogP contribution in [0.3, 0.4) is 0 Å². The molecule has 1 saturated heterocycles. The number of nitrogens with zero attached hydrogens (tertiary/aromatic N) is 1. The van der Waals surface area contributed by atoms with Crippen molar-refractivity contribution in [1.29, 1.82) is 0 Å². The molecule has 0 amide bonds. The van der Waals surface area contributed by atoms with Crippen molar-refractivity contribution in [1.82, 2.24) is 4.90 Å². The molecular weight excluding hydrogens is 694 g/mol. The largest absolute Gasteiger partial charge is 0.490 e. The third-order valence-electron chi connectivity index (χ3n) is 13.6. The highest BCUT2D eigenvalue weighted by Gasteiger charge is 2.35. The number of rotatable bonds is 12. The third kappa shape index (κ3) is 9.59. The van der Waals surface area contributed by atoms with E-state index in [9.17, 15) is 4.79 Å². The van der Waals surface area contributed by atoms with Gasteiger partial charge in [0.1, 0.15) is 23.6 Å². The van der Waals surface area contributed by atoms with Crippen LogP contribution in [0.25, 0.3) is 22.3 Å². The average molecular weight is 758 g/mol. The topological polar surface area (TPSA) is 38.8 Å². The summed E-state index contributed by atoms with van der Waals surface area (Å²) in [6, 6.07) is 28.4. The molecule has 4 aromatic carbocycles. The highest BCUT2D eigenvalue weighted by atomic mass is 19.1. The standard InChI is InChI=1S/C51H64FNO3/c1-35-29-30-53(32-35)33-38-9-7-12-47(49(38)52)37-15-23-43(24-16-37)56-45-27-19-41(20-28-45)51(5,6)31-48-39(34-54)10-8-11-46(48)36-13-21-42(22-14-36)55-44-25-17-40(18-26-44)50(2,3)4/h7-16,21-24,34-35,40-41,44-45H,17-20,25-33H2,1-6H3. The fraction of sp³-hybridized carbons (Fsp3) is 0.510. The predicted molar refractivity (Wildman–Crippen MR) is 228 cm³/mol. The molecule has 2 aliphatic carbocycles. The first-order chi connectivity index (χ1) is 26.9. The number of hydrogen-bond acceptors (Lipinski definition) is 4. The molecule has 3 aliphatic rings. The van der Waals surface area contributed by atoms with Crippen LogP contribution >= 0.6 is 0 Å². The van der Waals surface area contributed by atoms with E-state index in [-0.39, 0.29) is 23.4 Å². The number of hydrogen-bond donors (Lipinski definition) is 0. The van der Waals surface area contributed by atoms with Crippen LogP contribution in [0.4, 0.5) is 4.39 Å². The van der Waals surface area contributed by atoms with E-state index in [1.165, 1.54) is 19.3 Å². The number of carbonyl (C=O) groups excluding carboxylic acids is 1. The number of aldehydes is 1. The molecular formula is C51H64FNO3. The molecule has 0 radical (unpaired) electrons. The molecule has 1 heterocycles. The van der Waals surface area contributed by atoms with E-state index in [1.807, 2.05) is 54.6 Å². The quantitative estimate of drug-likeness (QED) is 0.135. The molecule has 1 aliphatic heterocycles. The van der Waals surface area contributed by atoms with Crippen molar-refractivity contribution in [2.24, 2.45) is 28.6 Å². The van der Waals surface area contributed by atoms with Gasteiger partial charge in [-0.05, 0) is 146 Å². The van der Waals surface area contributed by atoms with Gasteiger partial charge in [-0.2, -0.15) is 0 Å². The van der Waals surface area contributed by atoms with Crippen LogP contribution in [0.2, 0.25) is 0 Å². The van der Waals surface area contributed by atoms with Gasteiger partial charge in [-0.15, -0.1) is 0 Å². The summed E-state index contributed by atoms with van der Waals surface area (Å²) in [5, 5.41) is 0. The lowest BCUT2D eigenvalue weighted by atomic mass is 9.67. The fourth-order valence-corrected chi connectivity index (χ4v) is 9.94. The highest BCUT2D eigenvalue weighted by Crippen LogP contribution is 2.44. The summed E-state index contributed by atoms with van der Waals surface area (Å²) < 4.78 is 28.6. The number of halogens is 1. The first kappa shape index (κ1) is 40.2. The van der Waals surface area contributed by atoms with Crippen LogP contribution < -0.4 is 9.47 Å². The second kappa shape index (κ2) is 17.3. The Kier molecular flexibility index (Phi) is 12.4. The van der Waals surface area contributed by atoms with Crippen LogP contribution in [-0.2, 0) is 13.0 Å². The minimum absolute atomic E-state index is 0.00106. The molecule has 5 heteroatoms. The summed E-state index contributed by atoms with van der Waals surface area (Å²) in [6.45, 7) is 16.8. The Hall–Kier alpha value is -3.96. The van der Waals surface area contributed by atoms with Gasteiger partial charge in [-0.25, -0.2) is 4.39 Å². The maximum atomic E-state index is 15.6. The van der Waals surface area contributed by atoms with E-state index in [1.54, 1.807) is 0 Å². The molecule has 7 rings (SSSR count). The van der Waals surface area contributed by atoms with Gasteiger partial charge in [0.15, 0.2) is 0 Å². The molecule has 4 aromatic rings. The van der Waals surface area contributed by atoms with E-state index in [0.29, 0.717) is 29.4 Å². The van der Waals surface area contributed by atoms with Crippen molar-refractivity contribution in [3.8, 4) is 33.8 Å². The van der Waals surface area contributed by atoms with Gasteiger partial charge in [0.2, 0.25) is 0 Å². The Balaban J connectivity index is 0.945. The van der Waals surface area contributed by atoms with Crippen LogP contribution in [0, 0.1) is 34.4 Å². The Labute approximate surface area is 336 Å². The van der Waals surface area contributed by atoms with Crippen molar-refractivity contribution < 1.29 is 18.7 Å². The van der Waals surface area contributed by atoms with E-state index in [0.717, 1.165) is 115 Å². The highest BCUT2D eigenvalue weighted by molar-refractivity contribution is 5.83. The Morgan fingerprint density at radius 3 is 1.75 bits per heavy atom. The molecule has 2 saturated carbocycles. The maximum Gasteiger partial charge on any atom is 0.150 e. The molecule has 0 spiro atoms. The van der Waals surface area contributed by atoms with Crippen LogP contribution in [0.5, 0.6) is 11.5 Å². The zero-order valence-electron chi connectivity index (χ0n) is 34.8. The normalized spacial score (nSPS) is 23.5. The molecule has 56 heavy (non-hydrogen) atoms. The summed E-state index contributed by atoms with van der Waals surface area (Å²) >= 11 is 0. The second-order valence-electron chi connectivity index (χ2n) is 19.2. The Morgan fingerprint density at radius 2 is 1.21 bits per heavy atom. The monoisotopic (exact) mass is 757 g/mol. The molecule has 0 aromatic heterocycles. The minimum Gasteiger partial charge on any atom is -0.490 e. The average Bonchev–Trinajstić information content (AvgIpc) is 3.60. The van der Waals surface area contributed by atoms with Crippen molar-refractivity contribution in [2.45, 2.75) is 125 Å². The van der Waals surface area contributed by atoms with Gasteiger partial charge >= 0.3 is 0 Å². The zero-order valence-corrected chi connectivity index (χ0v) is 34.8. The predicted octanol–water partition coefficient (Wildman–Crippen LogP) is 13.0. The molecule has 3 fully saturated rings. The van der Waals surface area contributed by atoms with Gasteiger partial charge < -0.3 is 9.47 Å². The lowest BCUT2D eigenvalue weighted by Crippen LogP contribution is -2.34. The van der Waals surface area contributed by atoms with Crippen LogP contribution in [0.1, 0.15) is 121 Å². The zero-order chi connectivity index (χ0) is 39.5. The Morgan fingerprint density at radius 1 is 0.679 bits per heavy atom. The van der Waals surface area contributed by atoms with Gasteiger partial charge in [0.25, 0.3) is 0 Å². The van der Waals surface area contributed by atoms with Gasteiger partial charge in [-0.3, -0.25) is 9.69 Å². The molecule has 1 atom stereocenters. The molecule has 298 valence electrons. The van der Waals surface area contributed by atoms with Gasteiger partial charge in [-0.1, -0.05) is 102 Å². The number of benzene rings is 4. The van der Waals surface area contributed by atoms with Crippen molar-refractivity contribution >= 4 is 6.29 Å². The number of carbonyl (C=O) groups is 1. The summed E-state index contributed by atoms with van der Waals surface area (Å²) in [5.41, 5.74) is 6.83. The smallest absolute Gasteiger partial charge is 0.150 e. The van der Waals surface area contributed by atoms with Gasteiger partial charge in [0, 0.05) is 29.8 Å². The molecule has 1 unspecified atom stereocenters. The van der Waals surface area contributed by atoms with Gasteiger partial charge in [0.05, 0.1) is 12.2 Å². The van der Waals surface area contributed by atoms with Crippen molar-refractivity contribution in [3.05, 3.63) is 107 Å². The summed E-state index contributed by atoms with van der Waals surface area (Å²) in [4.78, 5) is 14.8. The number of likely N-dealkylation sites (tertiary alicyclic amines) is 1. The van der Waals surface area contributed by atoms with E-state index >= 15 is 4.39 Å². The van der Waals surface area contributed by atoms with Crippen molar-refractivity contribution in [3.63, 3.8) is 0 Å². The lowest BCUT2D eigenvalue weighted by molar-refractivity contribution is 0.0799. The molecule has 4 nitrogen and oxygen atoms in total. The lowest BCUT2D eigenvalue weighted by Gasteiger charge is -2.40. The fourth-order valence-electron chi connectivity index (χ4n) is 9.94. The molecule has 0 N–H and O–H groups in total. The Bertz CT molecular complexity index is 1910. The van der Waals surface area contributed by atoms with E-state index in [4.69, 9.17) is 9.47 Å². The first-order valence-corrected chi connectivity index (χ1v) is 21.5. The van der Waals surface area contributed by atoms with E-state index in [2.05, 4.69) is 76.8 Å². The SMILES string of the molecule is CC1CCN(Cc2cccc(-c3ccc(OC4CCC(C(C)(C)Cc5c(C=O)cccc5-c5ccc(OC6CCC(C(C)(C)C)CC6)cc5)CC4)cc3)c2F)C1. The first-order valence-electron chi connectivity index (χ1n) is 21.5. The summed E-state index contributed by atoms with van der Waals surface area (Å²) in [7, 11) is 0. The van der Waals surface area contributed by atoms with Crippen LogP contribution in [-0.4, -0.2) is 36.5 Å².